The van der Waals surface area contributed by atoms with Gasteiger partial charge in [0.25, 0.3) is 0 Å². The van der Waals surface area contributed by atoms with Crippen LogP contribution in [0.25, 0.3) is 22.2 Å². The second kappa shape index (κ2) is 7.13. The number of ether oxygens (including phenoxy) is 1. The molecule has 1 aliphatic rings. The first-order valence-corrected chi connectivity index (χ1v) is 10.5. The Bertz CT molecular complexity index is 1020. The van der Waals surface area contributed by atoms with Gasteiger partial charge in [-0.1, -0.05) is 12.1 Å². The molecule has 0 bridgehead atoms. The molecule has 0 atom stereocenters. The second-order valence-corrected chi connectivity index (χ2v) is 8.70. The largest absolute Gasteiger partial charge is 0.444 e. The molecular weight excluding hydrogens is 372 g/mol. The molecule has 0 saturated carbocycles. The Morgan fingerprint density at radius 3 is 2.61 bits per heavy atom. The molecule has 3 aromatic rings. The Morgan fingerprint density at radius 1 is 1.14 bits per heavy atom. The number of nitrogens with zero attached hydrogens (tertiary/aromatic N) is 4. The topological polar surface area (TPSA) is 60.2 Å². The van der Waals surface area contributed by atoms with Gasteiger partial charge >= 0.3 is 6.09 Å². The molecule has 1 aromatic carbocycles. The van der Waals surface area contributed by atoms with Crippen molar-refractivity contribution >= 4 is 28.9 Å². The van der Waals surface area contributed by atoms with Crippen molar-refractivity contribution in [1.82, 2.24) is 19.4 Å². The zero-order valence-electron chi connectivity index (χ0n) is 16.6. The summed E-state index contributed by atoms with van der Waals surface area (Å²) in [7, 11) is 0. The fraction of sp³-hybridized carbons (Fsp3) is 0.381. The molecule has 0 saturated heterocycles. The molecule has 0 radical (unpaired) electrons. The van der Waals surface area contributed by atoms with Crippen LogP contribution < -0.4 is 0 Å². The summed E-state index contributed by atoms with van der Waals surface area (Å²) >= 11 is 1.63. The van der Waals surface area contributed by atoms with Crippen LogP contribution in [-0.2, 0) is 17.8 Å². The molecule has 6 nitrogen and oxygen atoms in total. The fourth-order valence-electron chi connectivity index (χ4n) is 3.35. The predicted molar refractivity (Wildman–Crippen MR) is 111 cm³/mol. The predicted octanol–water partition coefficient (Wildman–Crippen LogP) is 4.57. The molecule has 4 rings (SSSR count). The number of carbonyl (C=O) groups is 1. The minimum atomic E-state index is -0.497. The van der Waals surface area contributed by atoms with E-state index in [4.69, 9.17) is 9.72 Å². The first-order chi connectivity index (χ1) is 13.3. The Hall–Kier alpha value is -2.54. The number of hydrogen-bond donors (Lipinski definition) is 0. The Morgan fingerprint density at radius 2 is 1.93 bits per heavy atom. The van der Waals surface area contributed by atoms with Crippen molar-refractivity contribution in [2.24, 2.45) is 0 Å². The quantitative estimate of drug-likeness (QED) is 0.594. The molecule has 2 aromatic heterocycles. The SMILES string of the molecule is CSc1ccc(-c2ccc3nc4n(c3c2)CCN(C(=O)OC(C)(C)C)C4)cn1. The van der Waals surface area contributed by atoms with Gasteiger partial charge in [-0.15, -0.1) is 11.8 Å². The Kier molecular flexibility index (Phi) is 4.79. The number of hydrogen-bond acceptors (Lipinski definition) is 5. The maximum atomic E-state index is 12.4. The number of aromatic nitrogens is 3. The van der Waals surface area contributed by atoms with Crippen molar-refractivity contribution in [2.45, 2.75) is 44.5 Å². The van der Waals surface area contributed by atoms with Gasteiger partial charge in [0.05, 0.1) is 22.6 Å². The monoisotopic (exact) mass is 396 g/mol. The molecule has 7 heteroatoms. The summed E-state index contributed by atoms with van der Waals surface area (Å²) in [6.07, 6.45) is 3.64. The smallest absolute Gasteiger partial charge is 0.410 e. The maximum Gasteiger partial charge on any atom is 0.410 e. The van der Waals surface area contributed by atoms with Gasteiger partial charge in [-0.2, -0.15) is 0 Å². The molecule has 1 aliphatic heterocycles. The van der Waals surface area contributed by atoms with Gasteiger partial charge in [0.2, 0.25) is 0 Å². The van der Waals surface area contributed by atoms with Gasteiger partial charge in [0.1, 0.15) is 11.4 Å². The summed E-state index contributed by atoms with van der Waals surface area (Å²) in [5, 5.41) is 1.01. The lowest BCUT2D eigenvalue weighted by atomic mass is 10.1. The molecule has 0 unspecified atom stereocenters. The van der Waals surface area contributed by atoms with Gasteiger partial charge in [0, 0.05) is 24.8 Å². The van der Waals surface area contributed by atoms with Crippen LogP contribution in [-0.4, -0.2) is 43.9 Å². The van der Waals surface area contributed by atoms with Gasteiger partial charge in [-0.3, -0.25) is 4.90 Å². The summed E-state index contributed by atoms with van der Waals surface area (Å²) in [6.45, 7) is 7.42. The average molecular weight is 397 g/mol. The fourth-order valence-corrected chi connectivity index (χ4v) is 3.71. The van der Waals surface area contributed by atoms with Crippen molar-refractivity contribution in [3.05, 3.63) is 42.4 Å². The molecule has 146 valence electrons. The van der Waals surface area contributed by atoms with Crippen LogP contribution in [0.15, 0.2) is 41.6 Å². The summed E-state index contributed by atoms with van der Waals surface area (Å²) in [6, 6.07) is 10.4. The first-order valence-electron chi connectivity index (χ1n) is 9.31. The van der Waals surface area contributed by atoms with Gasteiger partial charge in [0.15, 0.2) is 0 Å². The summed E-state index contributed by atoms with van der Waals surface area (Å²) in [4.78, 5) is 23.3. The lowest BCUT2D eigenvalue weighted by molar-refractivity contribution is 0.0196. The molecule has 3 heterocycles. The van der Waals surface area contributed by atoms with Crippen LogP contribution >= 0.6 is 11.8 Å². The number of fused-ring (bicyclic) bond motifs is 3. The number of amides is 1. The zero-order valence-corrected chi connectivity index (χ0v) is 17.4. The summed E-state index contributed by atoms with van der Waals surface area (Å²) in [5.41, 5.74) is 3.74. The number of rotatable bonds is 2. The highest BCUT2D eigenvalue weighted by Crippen LogP contribution is 2.28. The standard InChI is InChI=1S/C21H24N4O2S/c1-21(2,3)27-20(26)24-9-10-25-17-11-14(5-7-16(17)23-18(25)13-24)15-6-8-19(28-4)22-12-15/h5-8,11-12H,9-10,13H2,1-4H3. The number of carbonyl (C=O) groups excluding carboxylic acids is 1. The number of pyridine rings is 1. The first kappa shape index (κ1) is 18.8. The van der Waals surface area contributed by atoms with E-state index < -0.39 is 5.60 Å². The zero-order chi connectivity index (χ0) is 19.9. The maximum absolute atomic E-state index is 12.4. The van der Waals surface area contributed by atoms with E-state index in [-0.39, 0.29) is 6.09 Å². The molecule has 0 aliphatic carbocycles. The van der Waals surface area contributed by atoms with Crippen molar-refractivity contribution < 1.29 is 9.53 Å². The highest BCUT2D eigenvalue weighted by Gasteiger charge is 2.27. The molecule has 0 spiro atoms. The molecule has 0 N–H and O–H groups in total. The van der Waals surface area contributed by atoms with E-state index in [9.17, 15) is 4.79 Å². The number of benzene rings is 1. The third kappa shape index (κ3) is 3.71. The van der Waals surface area contributed by atoms with Crippen molar-refractivity contribution in [3.8, 4) is 11.1 Å². The van der Waals surface area contributed by atoms with E-state index in [0.717, 1.165) is 33.0 Å². The van der Waals surface area contributed by atoms with Gasteiger partial charge < -0.3 is 9.30 Å². The van der Waals surface area contributed by atoms with Gasteiger partial charge in [-0.25, -0.2) is 14.8 Å². The van der Waals surface area contributed by atoms with Crippen LogP contribution in [0.4, 0.5) is 4.79 Å². The molecule has 28 heavy (non-hydrogen) atoms. The lowest BCUT2D eigenvalue weighted by Crippen LogP contribution is -2.41. The van der Waals surface area contributed by atoms with Crippen LogP contribution in [0.1, 0.15) is 26.6 Å². The summed E-state index contributed by atoms with van der Waals surface area (Å²) in [5.74, 6) is 0.889. The van der Waals surface area contributed by atoms with Crippen LogP contribution in [0.2, 0.25) is 0 Å². The number of imidazole rings is 1. The van der Waals surface area contributed by atoms with E-state index in [1.165, 1.54) is 0 Å². The van der Waals surface area contributed by atoms with E-state index in [2.05, 4.69) is 27.8 Å². The summed E-state index contributed by atoms with van der Waals surface area (Å²) < 4.78 is 7.70. The minimum Gasteiger partial charge on any atom is -0.444 e. The molecule has 1 amide bonds. The van der Waals surface area contributed by atoms with Crippen LogP contribution in [0, 0.1) is 0 Å². The Balaban J connectivity index is 1.62. The lowest BCUT2D eigenvalue weighted by Gasteiger charge is -2.30. The average Bonchev–Trinajstić information content (AvgIpc) is 3.03. The number of thioether (sulfide) groups is 1. The molecule has 0 fully saturated rings. The second-order valence-electron chi connectivity index (χ2n) is 7.87. The van der Waals surface area contributed by atoms with Crippen LogP contribution in [0.3, 0.4) is 0 Å². The third-order valence-electron chi connectivity index (χ3n) is 4.68. The highest BCUT2D eigenvalue weighted by molar-refractivity contribution is 7.98. The third-order valence-corrected chi connectivity index (χ3v) is 5.34. The van der Waals surface area contributed by atoms with Gasteiger partial charge in [-0.05, 0) is 50.8 Å². The van der Waals surface area contributed by atoms with Crippen LogP contribution in [0.5, 0.6) is 0 Å². The van der Waals surface area contributed by atoms with Crippen molar-refractivity contribution in [3.63, 3.8) is 0 Å². The molecular formula is C21H24N4O2S. The van der Waals surface area contributed by atoms with E-state index in [1.807, 2.05) is 45.4 Å². The van der Waals surface area contributed by atoms with E-state index in [0.29, 0.717) is 19.6 Å². The van der Waals surface area contributed by atoms with E-state index in [1.54, 1.807) is 16.7 Å². The van der Waals surface area contributed by atoms with Crippen molar-refractivity contribution in [2.75, 3.05) is 12.8 Å². The Labute approximate surface area is 168 Å². The normalized spacial score (nSPS) is 14.2. The minimum absolute atomic E-state index is 0.286. The van der Waals surface area contributed by atoms with Crippen molar-refractivity contribution in [1.29, 1.82) is 0 Å². The van der Waals surface area contributed by atoms with E-state index >= 15 is 0 Å². The highest BCUT2D eigenvalue weighted by atomic mass is 32.2.